The molecule has 3 unspecified atom stereocenters. The van der Waals surface area contributed by atoms with E-state index in [1.165, 1.54) is 7.11 Å². The fraction of sp³-hybridized carbons (Fsp3) is 0.444. The van der Waals surface area contributed by atoms with E-state index in [4.69, 9.17) is 9.47 Å². The van der Waals surface area contributed by atoms with Crippen LogP contribution in [-0.4, -0.2) is 42.3 Å². The molecule has 0 spiro atoms. The molecule has 0 heterocycles. The third-order valence-electron chi connectivity index (χ3n) is 5.07. The number of alkyl carbamates (subject to hydrolysis) is 1. The van der Waals surface area contributed by atoms with Gasteiger partial charge in [-0.1, -0.05) is 17.9 Å². The Balaban J connectivity index is 2.07. The molecule has 34 heavy (non-hydrogen) atoms. The minimum absolute atomic E-state index is 0.324. The van der Waals surface area contributed by atoms with Crippen LogP contribution in [0.2, 0.25) is 0 Å². The number of ether oxygens (including phenoxy) is 2. The molecule has 0 aromatic heterocycles. The first kappa shape index (κ1) is 26.5. The summed E-state index contributed by atoms with van der Waals surface area (Å²) in [7, 11) is 1.21. The highest BCUT2D eigenvalue weighted by molar-refractivity contribution is 5.97. The van der Waals surface area contributed by atoms with Crippen LogP contribution in [0, 0.1) is 35.5 Å². The molecule has 0 radical (unpaired) electrons. The van der Waals surface area contributed by atoms with Crippen molar-refractivity contribution < 1.29 is 23.9 Å². The molecule has 0 saturated heterocycles. The molecule has 1 aliphatic rings. The molecule has 180 valence electrons. The van der Waals surface area contributed by atoms with Gasteiger partial charge in [0.2, 0.25) is 0 Å². The van der Waals surface area contributed by atoms with E-state index in [0.29, 0.717) is 23.0 Å². The van der Waals surface area contributed by atoms with Gasteiger partial charge >= 0.3 is 12.1 Å². The van der Waals surface area contributed by atoms with Crippen LogP contribution in [0.15, 0.2) is 36.9 Å². The quantitative estimate of drug-likeness (QED) is 0.382. The van der Waals surface area contributed by atoms with Gasteiger partial charge in [-0.25, -0.2) is 9.59 Å². The SMILES string of the molecule is C=CC1CC1C#CC#Cc1ccc(C(=O)NC(C(=O)OC)C(C)(C)NC(=O)OC(C)(C)C)cc1. The van der Waals surface area contributed by atoms with Gasteiger partial charge < -0.3 is 20.1 Å². The Morgan fingerprint density at radius 2 is 1.76 bits per heavy atom. The number of hydrogen-bond donors (Lipinski definition) is 2. The number of hydrogen-bond acceptors (Lipinski definition) is 5. The second-order valence-corrected chi connectivity index (χ2v) is 9.62. The number of esters is 1. The zero-order valence-electron chi connectivity index (χ0n) is 20.6. The summed E-state index contributed by atoms with van der Waals surface area (Å²) in [5.74, 6) is 11.3. The topological polar surface area (TPSA) is 93.7 Å². The van der Waals surface area contributed by atoms with E-state index in [-0.39, 0.29) is 0 Å². The van der Waals surface area contributed by atoms with Crippen LogP contribution in [0.25, 0.3) is 0 Å². The normalized spacial score (nSPS) is 17.5. The van der Waals surface area contributed by atoms with Crippen molar-refractivity contribution >= 4 is 18.0 Å². The van der Waals surface area contributed by atoms with Crippen LogP contribution in [0.4, 0.5) is 4.79 Å². The fourth-order valence-corrected chi connectivity index (χ4v) is 3.08. The molecule has 2 rings (SSSR count). The van der Waals surface area contributed by atoms with E-state index in [1.807, 2.05) is 6.08 Å². The third-order valence-corrected chi connectivity index (χ3v) is 5.07. The van der Waals surface area contributed by atoms with E-state index < -0.39 is 35.2 Å². The van der Waals surface area contributed by atoms with Gasteiger partial charge in [0.05, 0.1) is 12.6 Å². The number of amides is 2. The van der Waals surface area contributed by atoms with Crippen molar-refractivity contribution in [1.29, 1.82) is 0 Å². The number of carbonyl (C=O) groups is 3. The van der Waals surface area contributed by atoms with Gasteiger partial charge in [0.15, 0.2) is 0 Å². The molecule has 0 aliphatic heterocycles. The van der Waals surface area contributed by atoms with Gasteiger partial charge in [0, 0.05) is 17.0 Å². The Kier molecular flexibility index (Phi) is 8.54. The summed E-state index contributed by atoms with van der Waals surface area (Å²) in [6, 6.07) is 5.44. The van der Waals surface area contributed by atoms with Crippen molar-refractivity contribution in [3.05, 3.63) is 48.0 Å². The lowest BCUT2D eigenvalue weighted by molar-refractivity contribution is -0.144. The molecule has 2 amide bonds. The predicted molar refractivity (Wildman–Crippen MR) is 130 cm³/mol. The molecule has 1 saturated carbocycles. The molecular weight excluding hydrogens is 432 g/mol. The third kappa shape index (κ3) is 8.01. The summed E-state index contributed by atoms with van der Waals surface area (Å²) in [6.45, 7) is 12.1. The van der Waals surface area contributed by atoms with Crippen molar-refractivity contribution in [1.82, 2.24) is 10.6 Å². The monoisotopic (exact) mass is 464 g/mol. The molecule has 0 bridgehead atoms. The number of benzene rings is 1. The maximum atomic E-state index is 12.8. The summed E-state index contributed by atoms with van der Waals surface area (Å²) in [6.07, 6.45) is 2.24. The number of allylic oxidation sites excluding steroid dienone is 1. The number of carbonyl (C=O) groups excluding carboxylic acids is 3. The van der Waals surface area contributed by atoms with Crippen molar-refractivity contribution in [2.75, 3.05) is 7.11 Å². The smallest absolute Gasteiger partial charge is 0.408 e. The van der Waals surface area contributed by atoms with Crippen LogP contribution >= 0.6 is 0 Å². The van der Waals surface area contributed by atoms with Crippen LogP contribution in [0.3, 0.4) is 0 Å². The summed E-state index contributed by atoms with van der Waals surface area (Å²) >= 11 is 0. The fourth-order valence-electron chi connectivity index (χ4n) is 3.08. The molecular formula is C27H32N2O5. The number of nitrogens with one attached hydrogen (secondary N) is 2. The van der Waals surface area contributed by atoms with E-state index >= 15 is 0 Å². The van der Waals surface area contributed by atoms with Crippen molar-refractivity contribution in [3.63, 3.8) is 0 Å². The van der Waals surface area contributed by atoms with Crippen LogP contribution in [0.1, 0.15) is 57.0 Å². The van der Waals surface area contributed by atoms with Gasteiger partial charge in [-0.2, -0.15) is 0 Å². The molecule has 1 aromatic rings. The summed E-state index contributed by atoms with van der Waals surface area (Å²) in [5, 5.41) is 5.27. The van der Waals surface area contributed by atoms with E-state index in [1.54, 1.807) is 58.9 Å². The molecule has 1 aromatic carbocycles. The molecule has 3 atom stereocenters. The van der Waals surface area contributed by atoms with Gasteiger partial charge in [-0.05, 0) is 83.1 Å². The first-order valence-corrected chi connectivity index (χ1v) is 11.0. The standard InChI is InChI=1S/C27H32N2O5/c1-8-19-17-21(19)12-10-9-11-18-13-15-20(16-14-18)23(30)28-22(24(31)33-7)27(5,6)29-25(32)34-26(2,3)4/h8,13-16,19,21-22H,1,17H2,2-7H3,(H,28,30)(H,29,32). The molecule has 1 fully saturated rings. The molecule has 7 nitrogen and oxygen atoms in total. The van der Waals surface area contributed by atoms with Crippen LogP contribution < -0.4 is 10.6 Å². The highest BCUT2D eigenvalue weighted by Crippen LogP contribution is 2.38. The van der Waals surface area contributed by atoms with Gasteiger partial charge in [-0.3, -0.25) is 4.79 Å². The predicted octanol–water partition coefficient (Wildman–Crippen LogP) is 3.44. The second-order valence-electron chi connectivity index (χ2n) is 9.62. The maximum Gasteiger partial charge on any atom is 0.408 e. The van der Waals surface area contributed by atoms with Crippen LogP contribution in [0.5, 0.6) is 0 Å². The highest BCUT2D eigenvalue weighted by Gasteiger charge is 2.40. The summed E-state index contributed by atoms with van der Waals surface area (Å²) in [4.78, 5) is 37.5. The lowest BCUT2D eigenvalue weighted by Crippen LogP contribution is -2.62. The highest BCUT2D eigenvalue weighted by atomic mass is 16.6. The Labute approximate surface area is 201 Å². The van der Waals surface area contributed by atoms with E-state index in [0.717, 1.165) is 6.42 Å². The van der Waals surface area contributed by atoms with E-state index in [2.05, 4.69) is 40.9 Å². The zero-order chi connectivity index (χ0) is 25.5. The van der Waals surface area contributed by atoms with Crippen molar-refractivity contribution in [3.8, 4) is 23.7 Å². The van der Waals surface area contributed by atoms with Gasteiger partial charge in [-0.15, -0.1) is 6.58 Å². The van der Waals surface area contributed by atoms with Gasteiger partial charge in [0.1, 0.15) is 11.6 Å². The summed E-state index contributed by atoms with van der Waals surface area (Å²) in [5.41, 5.74) is -0.878. The Bertz CT molecular complexity index is 1060. The van der Waals surface area contributed by atoms with Crippen molar-refractivity contribution in [2.45, 2.75) is 58.2 Å². The first-order valence-electron chi connectivity index (χ1n) is 11.0. The number of rotatable bonds is 6. The second kappa shape index (κ2) is 10.9. The molecule has 1 aliphatic carbocycles. The van der Waals surface area contributed by atoms with Crippen molar-refractivity contribution in [2.24, 2.45) is 11.8 Å². The van der Waals surface area contributed by atoms with Gasteiger partial charge in [0.25, 0.3) is 5.91 Å². The summed E-state index contributed by atoms with van der Waals surface area (Å²) < 4.78 is 10.1. The first-order chi connectivity index (χ1) is 15.9. The number of methoxy groups -OCH3 is 1. The zero-order valence-corrected chi connectivity index (χ0v) is 20.6. The average molecular weight is 465 g/mol. The van der Waals surface area contributed by atoms with Crippen LogP contribution in [-0.2, 0) is 14.3 Å². The molecule has 7 heteroatoms. The maximum absolute atomic E-state index is 12.8. The Morgan fingerprint density at radius 3 is 2.29 bits per heavy atom. The Hall–Kier alpha value is -3.71. The average Bonchev–Trinajstić information content (AvgIpc) is 3.51. The minimum atomic E-state index is -1.19. The molecule has 2 N–H and O–H groups in total. The lowest BCUT2D eigenvalue weighted by atomic mass is 9.94. The van der Waals surface area contributed by atoms with E-state index in [9.17, 15) is 14.4 Å². The lowest BCUT2D eigenvalue weighted by Gasteiger charge is -2.34. The minimum Gasteiger partial charge on any atom is -0.467 e. The Morgan fingerprint density at radius 1 is 1.12 bits per heavy atom. The largest absolute Gasteiger partial charge is 0.467 e.